The Hall–Kier alpha value is -3.04. The van der Waals surface area contributed by atoms with Crippen molar-refractivity contribution >= 4 is 25.5 Å². The normalized spacial score (nSPS) is 11.8. The molecule has 0 spiro atoms. The van der Waals surface area contributed by atoms with E-state index in [1.54, 1.807) is 18.2 Å². The zero-order chi connectivity index (χ0) is 22.1. The summed E-state index contributed by atoms with van der Waals surface area (Å²) in [5.74, 6) is -0.209. The van der Waals surface area contributed by atoms with Crippen LogP contribution < -0.4 is 14.6 Å². The molecule has 0 saturated carbocycles. The molecule has 0 bridgehead atoms. The minimum Gasteiger partial charge on any atom is -0.871 e. The Bertz CT molecular complexity index is 1280. The van der Waals surface area contributed by atoms with Crippen molar-refractivity contribution in [3.05, 3.63) is 71.8 Å². The van der Waals surface area contributed by atoms with Crippen molar-refractivity contribution in [3.63, 3.8) is 0 Å². The molecule has 3 rings (SSSR count). The molecule has 1 N–H and O–H groups in total. The summed E-state index contributed by atoms with van der Waals surface area (Å²) in [4.78, 5) is -0.530. The van der Waals surface area contributed by atoms with Gasteiger partial charge >= 0.3 is 0 Å². The first-order valence-electron chi connectivity index (χ1n) is 8.86. The number of ether oxygens (including phenoxy) is 1. The molecule has 0 aliphatic carbocycles. The van der Waals surface area contributed by atoms with Crippen molar-refractivity contribution in [1.82, 2.24) is 0 Å². The van der Waals surface area contributed by atoms with E-state index in [0.717, 1.165) is 0 Å². The van der Waals surface area contributed by atoms with Crippen LogP contribution in [-0.4, -0.2) is 23.9 Å². The Morgan fingerprint density at radius 3 is 2.03 bits per heavy atom. The quantitative estimate of drug-likeness (QED) is 0.623. The molecule has 0 heterocycles. The highest BCUT2D eigenvalue weighted by molar-refractivity contribution is 7.93. The number of methoxy groups -OCH3 is 1. The van der Waals surface area contributed by atoms with E-state index in [1.807, 2.05) is 0 Å². The highest BCUT2D eigenvalue weighted by Crippen LogP contribution is 2.37. The molecule has 0 fully saturated rings. The average Bonchev–Trinajstić information content (AvgIpc) is 2.72. The van der Waals surface area contributed by atoms with Gasteiger partial charge in [-0.1, -0.05) is 29.5 Å². The fraction of sp³-hybridized carbons (Fsp3) is 0.143. The maximum absolute atomic E-state index is 13.2. The molecular weight excluding hydrogens is 426 g/mol. The SMILES string of the molecule is COc1ccc(S(=O)(=O)c2c(C)c(NS(=O)(=O)c3ccccc3)cc(C)c2[O-])cc1. The molecule has 0 saturated heterocycles. The standard InChI is InChI=1S/C21H21NO6S2/c1-14-13-19(22-30(26,27)18-7-5-4-6-8-18)15(2)21(20(14)23)29(24,25)17-11-9-16(28-3)10-12-17/h4-13,22-23H,1-3H3/p-1. The molecule has 0 aliphatic rings. The van der Waals surface area contributed by atoms with Crippen LogP contribution in [0.3, 0.4) is 0 Å². The van der Waals surface area contributed by atoms with Gasteiger partial charge in [-0.15, -0.1) is 0 Å². The van der Waals surface area contributed by atoms with Crippen LogP contribution in [0.25, 0.3) is 0 Å². The monoisotopic (exact) mass is 446 g/mol. The number of hydrogen-bond donors (Lipinski definition) is 1. The summed E-state index contributed by atoms with van der Waals surface area (Å²) in [6.07, 6.45) is 0. The van der Waals surface area contributed by atoms with Crippen LogP contribution in [0.1, 0.15) is 11.1 Å². The van der Waals surface area contributed by atoms with Crippen LogP contribution in [0.2, 0.25) is 0 Å². The summed E-state index contributed by atoms with van der Waals surface area (Å²) in [5, 5.41) is 12.7. The zero-order valence-electron chi connectivity index (χ0n) is 16.5. The second-order valence-corrected chi connectivity index (χ2v) is 10.2. The molecule has 9 heteroatoms. The third kappa shape index (κ3) is 3.99. The fourth-order valence-electron chi connectivity index (χ4n) is 2.97. The van der Waals surface area contributed by atoms with Crippen LogP contribution >= 0.6 is 0 Å². The summed E-state index contributed by atoms with van der Waals surface area (Å²) < 4.78 is 59.2. The van der Waals surface area contributed by atoms with E-state index in [-0.39, 0.29) is 26.6 Å². The van der Waals surface area contributed by atoms with Gasteiger partial charge < -0.3 is 9.84 Å². The van der Waals surface area contributed by atoms with E-state index in [0.29, 0.717) is 5.75 Å². The van der Waals surface area contributed by atoms with Crippen molar-refractivity contribution in [2.45, 2.75) is 28.5 Å². The number of sulfone groups is 1. The molecule has 0 aromatic heterocycles. The molecule has 0 aliphatic heterocycles. The van der Waals surface area contributed by atoms with Crippen LogP contribution in [0.4, 0.5) is 5.69 Å². The van der Waals surface area contributed by atoms with Crippen LogP contribution in [-0.2, 0) is 19.9 Å². The van der Waals surface area contributed by atoms with Gasteiger partial charge in [-0.25, -0.2) is 16.8 Å². The Labute approximate surface area is 175 Å². The van der Waals surface area contributed by atoms with Gasteiger partial charge in [0.25, 0.3) is 10.0 Å². The lowest BCUT2D eigenvalue weighted by atomic mass is 10.1. The molecule has 0 radical (unpaired) electrons. The lowest BCUT2D eigenvalue weighted by Gasteiger charge is -2.23. The predicted octanol–water partition coefficient (Wildman–Crippen LogP) is 3.02. The molecular formula is C21H20NO6S2-. The highest BCUT2D eigenvalue weighted by atomic mass is 32.2. The van der Waals surface area contributed by atoms with Crippen molar-refractivity contribution in [3.8, 4) is 11.5 Å². The average molecular weight is 447 g/mol. The van der Waals surface area contributed by atoms with Crippen LogP contribution in [0, 0.1) is 13.8 Å². The second kappa shape index (κ2) is 8.00. The smallest absolute Gasteiger partial charge is 0.261 e. The van der Waals surface area contributed by atoms with Gasteiger partial charge in [0.1, 0.15) is 5.75 Å². The molecule has 3 aromatic carbocycles. The summed E-state index contributed by atoms with van der Waals surface area (Å²) >= 11 is 0. The number of sulfonamides is 1. The minimum atomic E-state index is -4.19. The van der Waals surface area contributed by atoms with Crippen LogP contribution in [0.15, 0.2) is 75.4 Å². The Morgan fingerprint density at radius 2 is 1.47 bits per heavy atom. The number of anilines is 1. The number of nitrogens with one attached hydrogen (secondary N) is 1. The third-order valence-electron chi connectivity index (χ3n) is 4.61. The maximum Gasteiger partial charge on any atom is 0.261 e. The molecule has 158 valence electrons. The van der Waals surface area contributed by atoms with E-state index in [1.165, 1.54) is 63.4 Å². The van der Waals surface area contributed by atoms with Gasteiger partial charge in [0.05, 0.1) is 27.5 Å². The number of aryl methyl sites for hydroxylation is 1. The van der Waals surface area contributed by atoms with E-state index in [4.69, 9.17) is 4.74 Å². The molecule has 0 unspecified atom stereocenters. The number of rotatable bonds is 6. The van der Waals surface area contributed by atoms with E-state index < -0.39 is 30.5 Å². The molecule has 0 amide bonds. The Balaban J connectivity index is 2.14. The van der Waals surface area contributed by atoms with E-state index >= 15 is 0 Å². The molecule has 3 aromatic rings. The van der Waals surface area contributed by atoms with Gasteiger partial charge in [0.15, 0.2) is 0 Å². The van der Waals surface area contributed by atoms with Crippen molar-refractivity contribution < 1.29 is 26.7 Å². The van der Waals surface area contributed by atoms with Gasteiger partial charge in [-0.05, 0) is 61.9 Å². The lowest BCUT2D eigenvalue weighted by molar-refractivity contribution is -0.273. The lowest BCUT2D eigenvalue weighted by Crippen LogP contribution is -2.17. The largest absolute Gasteiger partial charge is 0.871 e. The first kappa shape index (κ1) is 21.7. The zero-order valence-corrected chi connectivity index (χ0v) is 18.2. The predicted molar refractivity (Wildman–Crippen MR) is 111 cm³/mol. The summed E-state index contributed by atoms with van der Waals surface area (Å²) in [7, 11) is -6.70. The summed E-state index contributed by atoms with van der Waals surface area (Å²) in [6.45, 7) is 2.84. The topological polar surface area (TPSA) is 113 Å². The maximum atomic E-state index is 13.2. The number of benzene rings is 3. The third-order valence-corrected chi connectivity index (χ3v) is 7.91. The first-order valence-corrected chi connectivity index (χ1v) is 11.8. The van der Waals surface area contributed by atoms with Crippen molar-refractivity contribution in [2.24, 2.45) is 0 Å². The van der Waals surface area contributed by atoms with Gasteiger partial charge in [0.2, 0.25) is 9.84 Å². The fourth-order valence-corrected chi connectivity index (χ4v) is 5.75. The highest BCUT2D eigenvalue weighted by Gasteiger charge is 2.25. The van der Waals surface area contributed by atoms with E-state index in [9.17, 15) is 21.9 Å². The van der Waals surface area contributed by atoms with Crippen molar-refractivity contribution in [1.29, 1.82) is 0 Å². The summed E-state index contributed by atoms with van der Waals surface area (Å²) in [5.41, 5.74) is 0.169. The van der Waals surface area contributed by atoms with E-state index in [2.05, 4.69) is 4.72 Å². The molecule has 30 heavy (non-hydrogen) atoms. The molecule has 0 atom stereocenters. The van der Waals surface area contributed by atoms with Gasteiger partial charge in [-0.2, -0.15) is 0 Å². The van der Waals surface area contributed by atoms with Crippen molar-refractivity contribution in [2.75, 3.05) is 11.8 Å². The van der Waals surface area contributed by atoms with Gasteiger partial charge in [-0.3, -0.25) is 4.72 Å². The first-order chi connectivity index (χ1) is 14.1. The Morgan fingerprint density at radius 1 is 0.867 bits per heavy atom. The summed E-state index contributed by atoms with van der Waals surface area (Å²) in [6, 6.07) is 14.6. The van der Waals surface area contributed by atoms with Gasteiger partial charge in [0, 0.05) is 0 Å². The van der Waals surface area contributed by atoms with Crippen LogP contribution in [0.5, 0.6) is 11.5 Å². The molecule has 7 nitrogen and oxygen atoms in total. The second-order valence-electron chi connectivity index (χ2n) is 6.62. The Kier molecular flexibility index (Phi) is 5.78. The number of hydrogen-bond acceptors (Lipinski definition) is 6. The minimum absolute atomic E-state index is 0.0211.